The second-order valence-electron chi connectivity index (χ2n) is 3.95. The van der Waals surface area contributed by atoms with E-state index in [2.05, 4.69) is 0 Å². The number of benzene rings is 1. The molecular weight excluding hydrogens is 202 g/mol. The zero-order chi connectivity index (χ0) is 11.4. The second kappa shape index (κ2) is 4.91. The summed E-state index contributed by atoms with van der Waals surface area (Å²) in [5.41, 5.74) is 1.24. The molecule has 1 fully saturated rings. The van der Waals surface area contributed by atoms with E-state index < -0.39 is 0 Å². The number of hydrogen-bond donors (Lipinski definition) is 0. The van der Waals surface area contributed by atoms with Crippen molar-refractivity contribution in [2.75, 3.05) is 6.61 Å². The summed E-state index contributed by atoms with van der Waals surface area (Å²) in [4.78, 5) is 11.8. The number of hydrogen-bond acceptors (Lipinski definition) is 3. The third-order valence-corrected chi connectivity index (χ3v) is 2.77. The first-order valence-electron chi connectivity index (χ1n) is 5.44. The van der Waals surface area contributed by atoms with Crippen molar-refractivity contribution in [3.8, 4) is 6.07 Å². The number of ketones is 1. The molecule has 1 atom stereocenters. The van der Waals surface area contributed by atoms with Crippen LogP contribution in [0, 0.1) is 11.3 Å². The average Bonchev–Trinajstić information content (AvgIpc) is 2.82. The molecule has 0 N–H and O–H groups in total. The predicted octanol–water partition coefficient (Wildman–Crippen LogP) is 2.31. The van der Waals surface area contributed by atoms with Crippen LogP contribution < -0.4 is 0 Å². The van der Waals surface area contributed by atoms with Gasteiger partial charge in [0.05, 0.1) is 17.7 Å². The summed E-state index contributed by atoms with van der Waals surface area (Å²) in [7, 11) is 0. The summed E-state index contributed by atoms with van der Waals surface area (Å²) in [6.07, 6.45) is 2.56. The van der Waals surface area contributed by atoms with Crippen molar-refractivity contribution >= 4 is 5.78 Å². The largest absolute Gasteiger partial charge is 0.378 e. The fourth-order valence-electron chi connectivity index (χ4n) is 1.86. The van der Waals surface area contributed by atoms with Gasteiger partial charge in [0.25, 0.3) is 0 Å². The summed E-state index contributed by atoms with van der Waals surface area (Å²) in [6, 6.07) is 8.78. The molecule has 0 saturated carbocycles. The molecule has 3 heteroatoms. The van der Waals surface area contributed by atoms with Crippen LogP contribution in [0.5, 0.6) is 0 Å². The maximum atomic E-state index is 11.8. The first-order valence-corrected chi connectivity index (χ1v) is 5.44. The summed E-state index contributed by atoms with van der Waals surface area (Å²) < 4.78 is 5.42. The van der Waals surface area contributed by atoms with E-state index in [1.54, 1.807) is 24.3 Å². The molecule has 0 bridgehead atoms. The van der Waals surface area contributed by atoms with Crippen LogP contribution in [0.15, 0.2) is 24.3 Å². The molecule has 0 amide bonds. The molecule has 1 unspecified atom stereocenters. The quantitative estimate of drug-likeness (QED) is 0.727. The third kappa shape index (κ3) is 2.47. The zero-order valence-electron chi connectivity index (χ0n) is 8.98. The fourth-order valence-corrected chi connectivity index (χ4v) is 1.86. The number of rotatable bonds is 3. The third-order valence-electron chi connectivity index (χ3n) is 2.77. The number of carbonyl (C=O) groups is 1. The van der Waals surface area contributed by atoms with Gasteiger partial charge in [-0.05, 0) is 25.0 Å². The molecular formula is C13H13NO2. The number of carbonyl (C=O) groups excluding carboxylic acids is 1. The topological polar surface area (TPSA) is 50.1 Å². The molecule has 1 aliphatic heterocycles. The Morgan fingerprint density at radius 2 is 2.19 bits per heavy atom. The average molecular weight is 215 g/mol. The van der Waals surface area contributed by atoms with Crippen molar-refractivity contribution in [1.82, 2.24) is 0 Å². The van der Waals surface area contributed by atoms with Gasteiger partial charge >= 0.3 is 0 Å². The highest BCUT2D eigenvalue weighted by molar-refractivity contribution is 5.96. The van der Waals surface area contributed by atoms with E-state index in [4.69, 9.17) is 10.00 Å². The minimum absolute atomic E-state index is 0.0862. The van der Waals surface area contributed by atoms with Gasteiger partial charge < -0.3 is 4.74 Å². The number of Topliss-reactive ketones (excluding diaryl/α,β-unsaturated/α-hetero) is 1. The Hall–Kier alpha value is -1.66. The van der Waals surface area contributed by atoms with E-state index in [1.807, 2.05) is 6.07 Å². The molecule has 0 aliphatic carbocycles. The molecule has 1 saturated heterocycles. The van der Waals surface area contributed by atoms with Gasteiger partial charge in [-0.2, -0.15) is 5.26 Å². The lowest BCUT2D eigenvalue weighted by Crippen LogP contribution is -2.12. The van der Waals surface area contributed by atoms with Crippen molar-refractivity contribution < 1.29 is 9.53 Å². The first-order chi connectivity index (χ1) is 7.79. The molecule has 1 aromatic rings. The Kier molecular flexibility index (Phi) is 3.33. The highest BCUT2D eigenvalue weighted by Crippen LogP contribution is 2.18. The van der Waals surface area contributed by atoms with E-state index in [-0.39, 0.29) is 11.9 Å². The van der Waals surface area contributed by atoms with Gasteiger partial charge in [-0.15, -0.1) is 0 Å². The van der Waals surface area contributed by atoms with Gasteiger partial charge in [-0.25, -0.2) is 0 Å². The smallest absolute Gasteiger partial charge is 0.165 e. The Labute approximate surface area is 94.6 Å². The maximum absolute atomic E-state index is 11.8. The number of ether oxygens (including phenoxy) is 1. The molecule has 82 valence electrons. The van der Waals surface area contributed by atoms with Crippen LogP contribution in [0.3, 0.4) is 0 Å². The second-order valence-corrected chi connectivity index (χ2v) is 3.95. The van der Waals surface area contributed by atoms with Crippen molar-refractivity contribution in [2.24, 2.45) is 0 Å². The van der Waals surface area contributed by atoms with Crippen LogP contribution in [0.25, 0.3) is 0 Å². The summed E-state index contributed by atoms with van der Waals surface area (Å²) >= 11 is 0. The van der Waals surface area contributed by atoms with Crippen LogP contribution in [0.2, 0.25) is 0 Å². The Balaban J connectivity index is 2.00. The van der Waals surface area contributed by atoms with Crippen LogP contribution in [0.4, 0.5) is 0 Å². The molecule has 2 rings (SSSR count). The van der Waals surface area contributed by atoms with Gasteiger partial charge in [-0.1, -0.05) is 12.1 Å². The van der Waals surface area contributed by atoms with Gasteiger partial charge in [0.1, 0.15) is 0 Å². The van der Waals surface area contributed by atoms with Gasteiger partial charge in [0, 0.05) is 18.6 Å². The van der Waals surface area contributed by atoms with Crippen molar-refractivity contribution in [2.45, 2.75) is 25.4 Å². The van der Waals surface area contributed by atoms with Crippen LogP contribution in [-0.2, 0) is 4.74 Å². The lowest BCUT2D eigenvalue weighted by atomic mass is 10.0. The molecule has 0 spiro atoms. The summed E-state index contributed by atoms with van der Waals surface area (Å²) in [6.45, 7) is 0.769. The molecule has 16 heavy (non-hydrogen) atoms. The van der Waals surface area contributed by atoms with Crippen LogP contribution >= 0.6 is 0 Å². The minimum Gasteiger partial charge on any atom is -0.378 e. The molecule has 3 nitrogen and oxygen atoms in total. The van der Waals surface area contributed by atoms with Crippen LogP contribution in [0.1, 0.15) is 35.2 Å². The van der Waals surface area contributed by atoms with E-state index in [1.165, 1.54) is 0 Å². The Morgan fingerprint density at radius 1 is 1.44 bits per heavy atom. The Morgan fingerprint density at radius 3 is 2.75 bits per heavy atom. The standard InChI is InChI=1S/C13H13NO2/c14-9-10-3-5-11(6-4-10)13(15)8-12-2-1-7-16-12/h3-6,12H,1-2,7-8H2. The first kappa shape index (κ1) is 10.8. The molecule has 1 aromatic carbocycles. The lowest BCUT2D eigenvalue weighted by molar-refractivity contribution is 0.0775. The molecule has 1 aliphatic rings. The van der Waals surface area contributed by atoms with E-state index in [0.717, 1.165) is 19.4 Å². The van der Waals surface area contributed by atoms with E-state index in [0.29, 0.717) is 17.5 Å². The highest BCUT2D eigenvalue weighted by Gasteiger charge is 2.19. The SMILES string of the molecule is N#Cc1ccc(C(=O)CC2CCCO2)cc1. The zero-order valence-corrected chi connectivity index (χ0v) is 8.98. The lowest BCUT2D eigenvalue weighted by Gasteiger charge is -2.07. The normalized spacial score (nSPS) is 19.3. The molecule has 0 radical (unpaired) electrons. The number of nitrogens with zero attached hydrogens (tertiary/aromatic N) is 1. The summed E-state index contributed by atoms with van der Waals surface area (Å²) in [5.74, 6) is 0.0939. The molecule has 1 heterocycles. The van der Waals surface area contributed by atoms with Crippen molar-refractivity contribution in [1.29, 1.82) is 5.26 Å². The van der Waals surface area contributed by atoms with Crippen molar-refractivity contribution in [3.05, 3.63) is 35.4 Å². The monoisotopic (exact) mass is 215 g/mol. The van der Waals surface area contributed by atoms with Gasteiger partial charge in [0.2, 0.25) is 0 Å². The molecule has 0 aromatic heterocycles. The Bertz CT molecular complexity index is 411. The number of nitriles is 1. The van der Waals surface area contributed by atoms with Gasteiger partial charge in [0.15, 0.2) is 5.78 Å². The van der Waals surface area contributed by atoms with E-state index >= 15 is 0 Å². The fraction of sp³-hybridized carbons (Fsp3) is 0.385. The summed E-state index contributed by atoms with van der Waals surface area (Å²) in [5, 5.41) is 8.64. The van der Waals surface area contributed by atoms with E-state index in [9.17, 15) is 4.79 Å². The predicted molar refractivity (Wildman–Crippen MR) is 59.1 cm³/mol. The minimum atomic E-state index is 0.0862. The van der Waals surface area contributed by atoms with Crippen LogP contribution in [-0.4, -0.2) is 18.5 Å². The highest BCUT2D eigenvalue weighted by atomic mass is 16.5. The van der Waals surface area contributed by atoms with Gasteiger partial charge in [-0.3, -0.25) is 4.79 Å². The van der Waals surface area contributed by atoms with Crippen molar-refractivity contribution in [3.63, 3.8) is 0 Å². The maximum Gasteiger partial charge on any atom is 0.165 e.